The fraction of sp³-hybridized carbons (Fsp3) is 0.345. The first kappa shape index (κ1) is 23.7. The summed E-state index contributed by atoms with van der Waals surface area (Å²) in [5.74, 6) is -1.71. The molecule has 0 radical (unpaired) electrons. The van der Waals surface area contributed by atoms with Gasteiger partial charge in [0.05, 0.1) is 20.1 Å². The van der Waals surface area contributed by atoms with E-state index in [9.17, 15) is 14.4 Å². The molecule has 0 fully saturated rings. The summed E-state index contributed by atoms with van der Waals surface area (Å²) >= 11 is 0. The SMILES string of the molecule is COC(=O)C1(C(=O)OC)CC(C)=C2C(=C(c3ccccc3)C(=O)C2C(C)(C)c2ccccc2)C1. The number of carbonyl (C=O) groups excluding carboxylic acids is 3. The largest absolute Gasteiger partial charge is 0.468 e. The molecule has 0 heterocycles. The minimum absolute atomic E-state index is 0.00920. The molecule has 5 nitrogen and oxygen atoms in total. The molecule has 0 N–H and O–H groups in total. The van der Waals surface area contributed by atoms with Crippen LogP contribution in [0, 0.1) is 11.3 Å². The van der Waals surface area contributed by atoms with Crippen molar-refractivity contribution in [3.63, 3.8) is 0 Å². The number of ketones is 1. The lowest BCUT2D eigenvalue weighted by molar-refractivity contribution is -0.169. The third-order valence-corrected chi connectivity index (χ3v) is 7.38. The summed E-state index contributed by atoms with van der Waals surface area (Å²) in [6, 6.07) is 19.5. The van der Waals surface area contributed by atoms with Crippen LogP contribution in [0.5, 0.6) is 0 Å². The number of ether oxygens (including phenoxy) is 2. The van der Waals surface area contributed by atoms with Gasteiger partial charge in [0.15, 0.2) is 11.2 Å². The van der Waals surface area contributed by atoms with Gasteiger partial charge in [0, 0.05) is 17.4 Å². The second kappa shape index (κ2) is 8.71. The summed E-state index contributed by atoms with van der Waals surface area (Å²) in [6.45, 7) is 6.07. The third-order valence-electron chi connectivity index (χ3n) is 7.38. The molecule has 1 atom stereocenters. The third kappa shape index (κ3) is 3.51. The zero-order chi connectivity index (χ0) is 24.7. The summed E-state index contributed by atoms with van der Waals surface area (Å²) in [5.41, 5.74) is 2.90. The number of methoxy groups -OCH3 is 2. The highest BCUT2D eigenvalue weighted by Crippen LogP contribution is 2.56. The van der Waals surface area contributed by atoms with E-state index in [4.69, 9.17) is 9.47 Å². The minimum Gasteiger partial charge on any atom is -0.468 e. The maximum absolute atomic E-state index is 14.2. The molecule has 0 amide bonds. The highest BCUT2D eigenvalue weighted by Gasteiger charge is 2.57. The van der Waals surface area contributed by atoms with Crippen LogP contribution in [0.4, 0.5) is 0 Å². The van der Waals surface area contributed by atoms with Crippen molar-refractivity contribution in [2.75, 3.05) is 14.2 Å². The molecule has 176 valence electrons. The van der Waals surface area contributed by atoms with Crippen LogP contribution in [0.25, 0.3) is 5.57 Å². The van der Waals surface area contributed by atoms with Crippen molar-refractivity contribution >= 4 is 23.3 Å². The van der Waals surface area contributed by atoms with Gasteiger partial charge in [-0.15, -0.1) is 0 Å². The Morgan fingerprint density at radius 1 is 0.882 bits per heavy atom. The first-order valence-corrected chi connectivity index (χ1v) is 11.4. The van der Waals surface area contributed by atoms with Crippen LogP contribution in [-0.2, 0) is 29.3 Å². The average Bonchev–Trinajstić information content (AvgIpc) is 3.16. The van der Waals surface area contributed by atoms with Gasteiger partial charge in [-0.05, 0) is 35.6 Å². The van der Waals surface area contributed by atoms with Crippen LogP contribution in [0.1, 0.15) is 44.7 Å². The van der Waals surface area contributed by atoms with Gasteiger partial charge in [0.2, 0.25) is 0 Å². The molecule has 0 aromatic heterocycles. The number of hydrogen-bond donors (Lipinski definition) is 0. The Balaban J connectivity index is 1.99. The lowest BCUT2D eigenvalue weighted by Crippen LogP contribution is -2.44. The Labute approximate surface area is 200 Å². The summed E-state index contributed by atoms with van der Waals surface area (Å²) in [5, 5.41) is 0. The summed E-state index contributed by atoms with van der Waals surface area (Å²) in [4.78, 5) is 40.2. The predicted octanol–water partition coefficient (Wildman–Crippen LogP) is 5.06. The number of fused-ring (bicyclic) bond motifs is 1. The number of carbonyl (C=O) groups is 3. The maximum atomic E-state index is 14.2. The van der Waals surface area contributed by atoms with Crippen molar-refractivity contribution in [1.82, 2.24) is 0 Å². The van der Waals surface area contributed by atoms with Crippen molar-refractivity contribution in [3.8, 4) is 0 Å². The van der Waals surface area contributed by atoms with E-state index in [2.05, 4.69) is 13.8 Å². The van der Waals surface area contributed by atoms with E-state index in [-0.39, 0.29) is 18.6 Å². The van der Waals surface area contributed by atoms with Gasteiger partial charge in [-0.2, -0.15) is 0 Å². The van der Waals surface area contributed by atoms with E-state index in [1.807, 2.05) is 67.6 Å². The molecule has 4 rings (SSSR count). The predicted molar refractivity (Wildman–Crippen MR) is 130 cm³/mol. The molecule has 34 heavy (non-hydrogen) atoms. The second-order valence-corrected chi connectivity index (χ2v) is 9.72. The molecule has 5 heteroatoms. The monoisotopic (exact) mass is 458 g/mol. The molecule has 1 unspecified atom stereocenters. The Morgan fingerprint density at radius 3 is 1.94 bits per heavy atom. The smallest absolute Gasteiger partial charge is 0.323 e. The van der Waals surface area contributed by atoms with Crippen molar-refractivity contribution < 1.29 is 23.9 Å². The fourth-order valence-electron chi connectivity index (χ4n) is 5.74. The molecule has 0 spiro atoms. The molecule has 0 bridgehead atoms. The Hall–Kier alpha value is -3.47. The molecule has 2 aromatic carbocycles. The van der Waals surface area contributed by atoms with E-state index >= 15 is 0 Å². The molecular weight excluding hydrogens is 428 g/mol. The van der Waals surface area contributed by atoms with Crippen molar-refractivity contribution in [1.29, 1.82) is 0 Å². The van der Waals surface area contributed by atoms with Gasteiger partial charge >= 0.3 is 11.9 Å². The molecule has 0 aliphatic heterocycles. The number of Topliss-reactive ketones (excluding diaryl/α,β-unsaturated/α-hetero) is 1. The Morgan fingerprint density at radius 2 is 1.41 bits per heavy atom. The zero-order valence-electron chi connectivity index (χ0n) is 20.3. The molecule has 2 aliphatic carbocycles. The van der Waals surface area contributed by atoms with E-state index in [1.165, 1.54) is 14.2 Å². The number of allylic oxidation sites excluding steroid dienone is 4. The van der Waals surface area contributed by atoms with Gasteiger partial charge in [0.1, 0.15) is 0 Å². The van der Waals surface area contributed by atoms with Gasteiger partial charge in [-0.3, -0.25) is 14.4 Å². The van der Waals surface area contributed by atoms with E-state index < -0.39 is 28.7 Å². The summed E-state index contributed by atoms with van der Waals surface area (Å²) < 4.78 is 10.1. The van der Waals surface area contributed by atoms with Crippen molar-refractivity contribution in [2.24, 2.45) is 11.3 Å². The number of rotatable bonds is 5. The van der Waals surface area contributed by atoms with Gasteiger partial charge in [-0.1, -0.05) is 80.1 Å². The molecule has 2 aliphatic rings. The second-order valence-electron chi connectivity index (χ2n) is 9.72. The molecule has 2 aromatic rings. The minimum atomic E-state index is -1.52. The first-order valence-electron chi connectivity index (χ1n) is 11.4. The number of benzene rings is 2. The summed E-state index contributed by atoms with van der Waals surface area (Å²) in [7, 11) is 2.55. The van der Waals surface area contributed by atoms with E-state index in [0.717, 1.165) is 27.8 Å². The van der Waals surface area contributed by atoms with E-state index in [1.54, 1.807) is 0 Å². The van der Waals surface area contributed by atoms with Crippen molar-refractivity contribution in [2.45, 2.75) is 39.0 Å². The topological polar surface area (TPSA) is 69.7 Å². The van der Waals surface area contributed by atoms with Crippen molar-refractivity contribution in [3.05, 3.63) is 88.5 Å². The van der Waals surface area contributed by atoms with Crippen LogP contribution in [-0.4, -0.2) is 31.9 Å². The number of hydrogen-bond acceptors (Lipinski definition) is 5. The molecular formula is C29H30O5. The standard InChI is InChI=1S/C29H30O5/c1-18-16-29(26(31)33-4,27(32)34-5)17-21-22(18)24(28(2,3)20-14-10-7-11-15-20)25(30)23(21)19-12-8-6-9-13-19/h6-15,24H,16-17H2,1-5H3. The Kier molecular flexibility index (Phi) is 6.07. The highest BCUT2D eigenvalue weighted by molar-refractivity contribution is 6.28. The first-order chi connectivity index (χ1) is 16.2. The molecule has 0 saturated heterocycles. The molecule has 0 saturated carbocycles. The lowest BCUT2D eigenvalue weighted by atomic mass is 9.63. The highest BCUT2D eigenvalue weighted by atomic mass is 16.5. The Bertz CT molecular complexity index is 1190. The maximum Gasteiger partial charge on any atom is 0.323 e. The fourth-order valence-corrected chi connectivity index (χ4v) is 5.74. The van der Waals surface area contributed by atoms with Gasteiger partial charge in [-0.25, -0.2) is 0 Å². The zero-order valence-corrected chi connectivity index (χ0v) is 20.3. The lowest BCUT2D eigenvalue weighted by Gasteiger charge is -2.39. The quantitative estimate of drug-likeness (QED) is 0.463. The van der Waals surface area contributed by atoms with E-state index in [0.29, 0.717) is 5.57 Å². The average molecular weight is 459 g/mol. The van der Waals surface area contributed by atoms with Crippen LogP contribution >= 0.6 is 0 Å². The van der Waals surface area contributed by atoms with Crippen LogP contribution in [0.2, 0.25) is 0 Å². The van der Waals surface area contributed by atoms with Crippen LogP contribution < -0.4 is 0 Å². The summed E-state index contributed by atoms with van der Waals surface area (Å²) in [6.07, 6.45) is 0.220. The van der Waals surface area contributed by atoms with Gasteiger partial charge in [0.25, 0.3) is 0 Å². The van der Waals surface area contributed by atoms with Gasteiger partial charge < -0.3 is 9.47 Å². The van der Waals surface area contributed by atoms with Crippen LogP contribution in [0.3, 0.4) is 0 Å². The van der Waals surface area contributed by atoms with Crippen LogP contribution in [0.15, 0.2) is 77.4 Å². The number of esters is 2. The normalized spacial score (nSPS) is 19.7.